The number of H-pyrrole nitrogens is 1. The molecule has 4 rings (SSSR count). The van der Waals surface area contributed by atoms with Gasteiger partial charge in [-0.25, -0.2) is 18.1 Å². The summed E-state index contributed by atoms with van der Waals surface area (Å²) < 4.78 is 34.4. The molecular weight excluding hydrogens is 452 g/mol. The van der Waals surface area contributed by atoms with Crippen LogP contribution in [0.3, 0.4) is 0 Å². The van der Waals surface area contributed by atoms with Crippen molar-refractivity contribution < 1.29 is 13.2 Å². The van der Waals surface area contributed by atoms with Crippen LogP contribution in [0.5, 0.6) is 5.75 Å². The maximum Gasteiger partial charge on any atom is 0.276 e. The summed E-state index contributed by atoms with van der Waals surface area (Å²) in [5.74, 6) is 1.02. The van der Waals surface area contributed by atoms with E-state index in [1.165, 1.54) is 27.3 Å². The molecule has 2 aromatic carbocycles. The fourth-order valence-corrected chi connectivity index (χ4v) is 5.28. The molecule has 34 heavy (non-hydrogen) atoms. The van der Waals surface area contributed by atoms with Crippen molar-refractivity contribution in [1.29, 1.82) is 0 Å². The molecule has 0 amide bonds. The second kappa shape index (κ2) is 9.56. The van der Waals surface area contributed by atoms with Crippen molar-refractivity contribution in [3.63, 3.8) is 0 Å². The Kier molecular flexibility index (Phi) is 6.56. The van der Waals surface area contributed by atoms with Crippen LogP contribution < -0.4 is 14.6 Å². The number of hydrogen-bond donors (Lipinski definition) is 1. The van der Waals surface area contributed by atoms with Crippen molar-refractivity contribution in [2.75, 3.05) is 18.0 Å². The highest BCUT2D eigenvalue weighted by molar-refractivity contribution is 7.92. The van der Waals surface area contributed by atoms with E-state index in [0.717, 1.165) is 5.56 Å². The Morgan fingerprint density at radius 2 is 1.74 bits per heavy atom. The molecule has 4 aromatic rings. The first-order chi connectivity index (χ1) is 16.4. The van der Waals surface area contributed by atoms with Gasteiger partial charge in [-0.2, -0.15) is 0 Å². The van der Waals surface area contributed by atoms with Crippen LogP contribution >= 0.6 is 0 Å². The van der Waals surface area contributed by atoms with Gasteiger partial charge in [0.15, 0.2) is 5.82 Å². The number of methoxy groups -OCH3 is 1. The Hall–Kier alpha value is -3.85. The third-order valence-corrected chi connectivity index (χ3v) is 7.51. The lowest BCUT2D eigenvalue weighted by molar-refractivity contribution is 0.410. The van der Waals surface area contributed by atoms with Gasteiger partial charge in [-0.15, -0.1) is 0 Å². The van der Waals surface area contributed by atoms with E-state index in [2.05, 4.69) is 10.1 Å². The normalized spacial score (nSPS) is 11.4. The molecule has 0 bridgehead atoms. The van der Waals surface area contributed by atoms with Gasteiger partial charge < -0.3 is 4.74 Å². The van der Waals surface area contributed by atoms with Crippen LogP contribution in [0.4, 0.5) is 5.69 Å². The Bertz CT molecular complexity index is 1440. The van der Waals surface area contributed by atoms with Gasteiger partial charge >= 0.3 is 0 Å². The molecule has 0 atom stereocenters. The van der Waals surface area contributed by atoms with E-state index in [0.29, 0.717) is 34.9 Å². The van der Waals surface area contributed by atoms with Crippen LogP contribution in [0.1, 0.15) is 23.7 Å². The molecule has 0 fully saturated rings. The Labute approximate surface area is 198 Å². The van der Waals surface area contributed by atoms with Crippen molar-refractivity contribution in [1.82, 2.24) is 14.8 Å². The van der Waals surface area contributed by atoms with Crippen LogP contribution in [0.25, 0.3) is 5.82 Å². The van der Waals surface area contributed by atoms with E-state index in [-0.39, 0.29) is 17.0 Å². The van der Waals surface area contributed by atoms with Crippen LogP contribution in [0.2, 0.25) is 0 Å². The number of para-hydroxylation sites is 2. The molecule has 0 radical (unpaired) electrons. The number of rotatable bonds is 8. The van der Waals surface area contributed by atoms with E-state index in [4.69, 9.17) is 4.74 Å². The molecule has 2 heterocycles. The fourth-order valence-electron chi connectivity index (χ4n) is 3.86. The number of sulfonamides is 1. The van der Waals surface area contributed by atoms with Gasteiger partial charge in [0.25, 0.3) is 15.6 Å². The smallest absolute Gasteiger partial charge is 0.276 e. The highest BCUT2D eigenvalue weighted by atomic mass is 32.2. The van der Waals surface area contributed by atoms with Crippen molar-refractivity contribution in [2.24, 2.45) is 0 Å². The number of anilines is 1. The van der Waals surface area contributed by atoms with Crippen LogP contribution in [0.15, 0.2) is 82.6 Å². The van der Waals surface area contributed by atoms with Crippen LogP contribution in [-0.2, 0) is 16.4 Å². The van der Waals surface area contributed by atoms with E-state index >= 15 is 0 Å². The second-order valence-electron chi connectivity index (χ2n) is 7.70. The zero-order valence-corrected chi connectivity index (χ0v) is 20.0. The summed E-state index contributed by atoms with van der Waals surface area (Å²) in [6, 6.07) is 19.4. The third-order valence-electron chi connectivity index (χ3n) is 5.62. The summed E-state index contributed by atoms with van der Waals surface area (Å²) in [5.41, 5.74) is 2.52. The van der Waals surface area contributed by atoms with E-state index in [1.54, 1.807) is 38.3 Å². The summed E-state index contributed by atoms with van der Waals surface area (Å²) in [6.07, 6.45) is 1.67. The lowest BCUT2D eigenvalue weighted by atomic mass is 10.0. The molecular formula is C25H26N4O4S. The van der Waals surface area contributed by atoms with Gasteiger partial charge in [-0.1, -0.05) is 36.4 Å². The van der Waals surface area contributed by atoms with Gasteiger partial charge in [-0.3, -0.25) is 14.2 Å². The fraction of sp³-hybridized carbons (Fsp3) is 0.200. The minimum Gasteiger partial charge on any atom is -0.496 e. The maximum absolute atomic E-state index is 13.2. The molecule has 1 N–H and O–H groups in total. The molecule has 0 aliphatic heterocycles. The van der Waals surface area contributed by atoms with Crippen molar-refractivity contribution >= 4 is 15.7 Å². The Morgan fingerprint density at radius 1 is 1.03 bits per heavy atom. The summed E-state index contributed by atoms with van der Waals surface area (Å²) >= 11 is 0. The molecule has 0 saturated heterocycles. The lowest BCUT2D eigenvalue weighted by Gasteiger charge is -2.22. The molecule has 0 aliphatic rings. The number of aromatic amines is 1. The molecule has 9 heteroatoms. The monoisotopic (exact) mass is 478 g/mol. The quantitative estimate of drug-likeness (QED) is 0.417. The molecule has 0 unspecified atom stereocenters. The highest BCUT2D eigenvalue weighted by Gasteiger charge is 2.24. The number of hydrogen-bond acceptors (Lipinski definition) is 5. The van der Waals surface area contributed by atoms with E-state index in [1.807, 2.05) is 37.3 Å². The topological polar surface area (TPSA) is 97.3 Å². The summed E-state index contributed by atoms with van der Waals surface area (Å²) in [5, 5.41) is 3.05. The number of nitrogens with zero attached hydrogens (tertiary/aromatic N) is 3. The molecule has 176 valence electrons. The SMILES string of the molecule is CCN(c1ccccc1)S(=O)(=O)c1ccc(-n2[nH]c(C)c(Cc3ccccc3OC)c2=O)nc1. The lowest BCUT2D eigenvalue weighted by Crippen LogP contribution is -2.30. The molecule has 0 saturated carbocycles. The van der Waals surface area contributed by atoms with E-state index < -0.39 is 10.0 Å². The first kappa shape index (κ1) is 23.3. The Morgan fingerprint density at radius 3 is 2.38 bits per heavy atom. The average Bonchev–Trinajstić information content (AvgIpc) is 3.14. The molecule has 8 nitrogen and oxygen atoms in total. The van der Waals surface area contributed by atoms with Crippen molar-refractivity contribution in [3.05, 3.63) is 100 Å². The summed E-state index contributed by atoms with van der Waals surface area (Å²) in [6.45, 7) is 3.87. The van der Waals surface area contributed by atoms with Gasteiger partial charge in [0, 0.05) is 30.4 Å². The first-order valence-corrected chi connectivity index (χ1v) is 12.3. The standard InChI is InChI=1S/C25H26N4O4S/c1-4-28(20-11-6-5-7-12-20)34(31,32)21-14-15-24(26-17-21)29-25(30)22(18(2)27-29)16-19-10-8-9-13-23(19)33-3/h5-15,17,27H,4,16H2,1-3H3. The number of aromatic nitrogens is 3. The second-order valence-corrected chi connectivity index (χ2v) is 9.56. The summed E-state index contributed by atoms with van der Waals surface area (Å²) in [4.78, 5) is 17.5. The van der Waals surface area contributed by atoms with Crippen LogP contribution in [-0.4, -0.2) is 36.8 Å². The van der Waals surface area contributed by atoms with E-state index in [9.17, 15) is 13.2 Å². The average molecular weight is 479 g/mol. The predicted octanol–water partition coefficient (Wildman–Crippen LogP) is 3.68. The number of nitrogens with one attached hydrogen (secondary N) is 1. The summed E-state index contributed by atoms with van der Waals surface area (Å²) in [7, 11) is -2.21. The van der Waals surface area contributed by atoms with Gasteiger partial charge in [0.05, 0.1) is 12.8 Å². The molecule has 0 aliphatic carbocycles. The highest BCUT2D eigenvalue weighted by Crippen LogP contribution is 2.24. The van der Waals surface area contributed by atoms with Crippen molar-refractivity contribution in [2.45, 2.75) is 25.2 Å². The third kappa shape index (κ3) is 4.34. The predicted molar refractivity (Wildman–Crippen MR) is 131 cm³/mol. The maximum atomic E-state index is 13.2. The number of pyridine rings is 1. The number of aryl methyl sites for hydroxylation is 1. The first-order valence-electron chi connectivity index (χ1n) is 10.8. The minimum absolute atomic E-state index is 0.0486. The number of benzene rings is 2. The van der Waals surface area contributed by atoms with Gasteiger partial charge in [-0.05, 0) is 49.7 Å². The van der Waals surface area contributed by atoms with Crippen molar-refractivity contribution in [3.8, 4) is 11.6 Å². The molecule has 0 spiro atoms. The Balaban J connectivity index is 1.65. The zero-order valence-electron chi connectivity index (χ0n) is 19.2. The van der Waals surface area contributed by atoms with Crippen LogP contribution in [0, 0.1) is 6.92 Å². The minimum atomic E-state index is -3.81. The molecule has 2 aromatic heterocycles. The zero-order chi connectivity index (χ0) is 24.3. The number of ether oxygens (including phenoxy) is 1. The van der Waals surface area contributed by atoms with Gasteiger partial charge in [0.1, 0.15) is 10.6 Å². The van der Waals surface area contributed by atoms with Gasteiger partial charge in [0.2, 0.25) is 0 Å². The largest absolute Gasteiger partial charge is 0.496 e.